The number of carbonyl (C=O) groups excluding carboxylic acids is 12. The van der Waals surface area contributed by atoms with E-state index >= 15 is 0 Å². The van der Waals surface area contributed by atoms with E-state index in [1.165, 1.54) is 48.5 Å². The van der Waals surface area contributed by atoms with Gasteiger partial charge in [0.15, 0.2) is 23.1 Å². The van der Waals surface area contributed by atoms with E-state index in [4.69, 9.17) is 37.9 Å². The van der Waals surface area contributed by atoms with E-state index in [2.05, 4.69) is 19.6 Å². The van der Waals surface area contributed by atoms with E-state index in [0.717, 1.165) is 22.7 Å². The smallest absolute Gasteiger partial charge is 0.234 e. The summed E-state index contributed by atoms with van der Waals surface area (Å²) < 4.78 is 46.5. The first-order chi connectivity index (χ1) is 69.5. The minimum absolute atomic E-state index is 0.123. The predicted molar refractivity (Wildman–Crippen MR) is 550 cm³/mol. The lowest BCUT2D eigenvalue weighted by atomic mass is 9.80. The number of rotatable bonds is 56. The van der Waals surface area contributed by atoms with Crippen molar-refractivity contribution in [2.45, 2.75) is 126 Å². The fraction of sp³-hybridized carbons (Fsp3) is 0.469. The summed E-state index contributed by atoms with van der Waals surface area (Å²) >= 11 is 0. The van der Waals surface area contributed by atoms with Gasteiger partial charge in [0.1, 0.15) is 24.4 Å². The zero-order chi connectivity index (χ0) is 105. The van der Waals surface area contributed by atoms with E-state index in [9.17, 15) is 78.0 Å². The third kappa shape index (κ3) is 27.1. The summed E-state index contributed by atoms with van der Waals surface area (Å²) in [7, 11) is 14.5. The molecule has 0 bridgehead atoms. The van der Waals surface area contributed by atoms with Crippen molar-refractivity contribution < 1.29 is 116 Å². The fourth-order valence-electron chi connectivity index (χ4n) is 19.6. The van der Waals surface area contributed by atoms with Crippen LogP contribution < -0.4 is 19.6 Å². The highest BCUT2D eigenvalue weighted by atomic mass is 16.5. The number of carbonyl (C=O) groups is 12. The Morgan fingerprint density at radius 1 is 0.262 bits per heavy atom. The molecule has 145 heavy (non-hydrogen) atoms. The number of morpholine rings is 4. The van der Waals surface area contributed by atoms with Gasteiger partial charge in [-0.1, -0.05) is 125 Å². The molecular weight excluding hydrogens is 1850 g/mol. The molecule has 8 aromatic carbocycles. The van der Waals surface area contributed by atoms with Crippen LogP contribution in [0.4, 0.5) is 22.7 Å². The molecule has 4 aliphatic rings. The zero-order valence-electron chi connectivity index (χ0n) is 85.4. The van der Waals surface area contributed by atoms with Crippen LogP contribution in [0.15, 0.2) is 194 Å². The molecule has 0 saturated carbocycles. The van der Waals surface area contributed by atoms with Crippen LogP contribution in [0.5, 0.6) is 0 Å². The molecule has 4 aliphatic heterocycles. The van der Waals surface area contributed by atoms with Crippen LogP contribution in [-0.4, -0.2) is 370 Å². The van der Waals surface area contributed by atoms with Crippen molar-refractivity contribution in [1.82, 2.24) is 19.6 Å². The Morgan fingerprint density at radius 2 is 0.421 bits per heavy atom. The van der Waals surface area contributed by atoms with Gasteiger partial charge in [-0.05, 0) is 227 Å². The van der Waals surface area contributed by atoms with Crippen LogP contribution in [0.3, 0.4) is 0 Å². The largest absolute Gasteiger partial charge is 0.382 e. The molecule has 12 rings (SSSR count). The lowest BCUT2D eigenvalue weighted by molar-refractivity contribution is -0.145. The van der Waals surface area contributed by atoms with E-state index < -0.39 is 151 Å². The Hall–Kier alpha value is -11.6. The number of anilines is 4. The molecule has 4 saturated heterocycles. The number of ketones is 12. The summed E-state index contributed by atoms with van der Waals surface area (Å²) in [5.41, 5.74) is 1.80. The highest BCUT2D eigenvalue weighted by molar-refractivity contribution is 6.46. The van der Waals surface area contributed by atoms with Crippen LogP contribution in [0.1, 0.15) is 158 Å². The summed E-state index contributed by atoms with van der Waals surface area (Å²) in [6, 6.07) is 53.9. The summed E-state index contributed by atoms with van der Waals surface area (Å²) in [5, 5.41) is 46.7. The molecule has 8 unspecified atom stereocenters. The van der Waals surface area contributed by atoms with E-state index in [-0.39, 0.29) is 71.1 Å². The number of aliphatic hydroxyl groups excluding tert-OH is 4. The van der Waals surface area contributed by atoms with Gasteiger partial charge in [0.25, 0.3) is 0 Å². The summed E-state index contributed by atoms with van der Waals surface area (Å²) in [4.78, 5) is 188. The van der Waals surface area contributed by atoms with Gasteiger partial charge in [-0.15, -0.1) is 0 Å². The number of Topliss-reactive ketones (excluding diaryl/α,β-unsaturated/α-hetero) is 12. The van der Waals surface area contributed by atoms with Gasteiger partial charge in [-0.3, -0.25) is 77.1 Å². The van der Waals surface area contributed by atoms with E-state index in [0.29, 0.717) is 175 Å². The van der Waals surface area contributed by atoms with Crippen molar-refractivity contribution in [3.8, 4) is 0 Å². The van der Waals surface area contributed by atoms with Crippen LogP contribution in [0, 0.1) is 5.41 Å². The number of likely N-dealkylation sites (N-methyl/N-ethyl adjacent to an activating group) is 4. The van der Waals surface area contributed by atoms with Crippen LogP contribution in [0.25, 0.3) is 0 Å². The second-order valence-corrected chi connectivity index (χ2v) is 38.9. The molecule has 4 fully saturated rings. The maximum atomic E-state index is 14.6. The van der Waals surface area contributed by atoms with Crippen molar-refractivity contribution in [2.24, 2.45) is 5.41 Å². The van der Waals surface area contributed by atoms with Crippen molar-refractivity contribution in [2.75, 3.05) is 234 Å². The predicted octanol–water partition coefficient (Wildman–Crippen LogP) is 9.18. The number of hydrogen-bond acceptors (Lipinski definition) is 32. The average molecular weight is 1990 g/mol. The first kappa shape index (κ1) is 112. The van der Waals surface area contributed by atoms with E-state index in [1.54, 1.807) is 48.5 Å². The second-order valence-electron chi connectivity index (χ2n) is 38.9. The third-order valence-corrected chi connectivity index (χ3v) is 29.2. The Bertz CT molecular complexity index is 5040. The summed E-state index contributed by atoms with van der Waals surface area (Å²) in [6.07, 6.45) is -6.39. The van der Waals surface area contributed by atoms with Gasteiger partial charge >= 0.3 is 0 Å². The summed E-state index contributed by atoms with van der Waals surface area (Å²) in [5.74, 6) is -10.3. The lowest BCUT2D eigenvalue weighted by Crippen LogP contribution is -2.52. The number of nitrogens with zero attached hydrogens (tertiary/aromatic N) is 8. The minimum atomic E-state index is -2.20. The van der Waals surface area contributed by atoms with Gasteiger partial charge in [0, 0.05) is 120 Å². The quantitative estimate of drug-likeness (QED) is 0.0204. The van der Waals surface area contributed by atoms with Gasteiger partial charge in [-0.2, -0.15) is 0 Å². The third-order valence-electron chi connectivity index (χ3n) is 29.2. The molecule has 32 heteroatoms. The summed E-state index contributed by atoms with van der Waals surface area (Å²) in [6.45, 7) is 11.2. The standard InChI is InChI=1S/C113H140N8O24/c1-13-110(114(5)6,105(134)85-33-41-89(42-34-85)118-49-57-138-58-50-118)65-77-17-25-81(26-18-77)97(126)101(130)93(122)69-142-73-109(74-143-70-94(123)102(131)98(127)82-27-19-78(20-28-82)66-111(14-2,115(7)8)106(135)86-35-43-90(44-36-86)119-51-59-139-60-52-119,75-144-71-95(124)103(132)99(128)83-29-21-79(22-30-83)67-112(15-3,116(9)10)107(136)87-37-45-91(46-38-87)120-53-61-140-62-54-120)76-145-72-96(125)104(133)100(129)84-31-23-80(24-32-84)68-113(16-4,117(11)12)108(137)88-39-47-92(48-40-88)121-55-63-141-64-56-121/h17-48,93-96,122-125H,13-16,49-76H2,1-12H3. The van der Waals surface area contributed by atoms with Gasteiger partial charge < -0.3 is 77.9 Å². The average Bonchev–Trinajstić information content (AvgIpc) is 0.810. The van der Waals surface area contributed by atoms with Gasteiger partial charge in [0.2, 0.25) is 46.3 Å². The maximum absolute atomic E-state index is 14.6. The monoisotopic (exact) mass is 1990 g/mol. The Labute approximate surface area is 849 Å². The number of benzene rings is 8. The molecular formula is C113H140N8O24. The molecule has 4 heterocycles. The maximum Gasteiger partial charge on any atom is 0.234 e. The van der Waals surface area contributed by atoms with Crippen molar-refractivity contribution in [1.29, 1.82) is 0 Å². The van der Waals surface area contributed by atoms with Crippen molar-refractivity contribution in [3.63, 3.8) is 0 Å². The molecule has 776 valence electrons. The molecule has 4 N–H and O–H groups in total. The first-order valence-electron chi connectivity index (χ1n) is 49.8. The Kier molecular flexibility index (Phi) is 39.9. The van der Waals surface area contributed by atoms with Gasteiger partial charge in [0.05, 0.1) is 133 Å². The van der Waals surface area contributed by atoms with Crippen LogP contribution in [0.2, 0.25) is 0 Å². The highest BCUT2D eigenvalue weighted by Gasteiger charge is 2.46. The zero-order valence-corrected chi connectivity index (χ0v) is 85.4. The molecule has 0 radical (unpaired) electrons. The molecule has 32 nitrogen and oxygen atoms in total. The Balaban J connectivity index is 0.780. The molecule has 0 aromatic heterocycles. The lowest BCUT2D eigenvalue weighted by Gasteiger charge is -2.38. The minimum Gasteiger partial charge on any atom is -0.382 e. The first-order valence-corrected chi connectivity index (χ1v) is 49.8. The molecule has 0 amide bonds. The van der Waals surface area contributed by atoms with Crippen LogP contribution in [-0.2, 0) is 82.8 Å². The fourth-order valence-corrected chi connectivity index (χ4v) is 19.6. The second kappa shape index (κ2) is 51.6. The Morgan fingerprint density at radius 3 is 0.572 bits per heavy atom. The SMILES string of the molecule is CCC(Cc1ccc(C(=O)C(=O)C(O)COCC(COCC(O)C(=O)C(=O)c2ccc(CC(CC)(C(=O)c3ccc(N4CCOCC4)cc3)N(C)C)cc2)(COCC(O)C(=O)C(=O)c2ccc(CC(CC)(C(=O)c3ccc(N4CCOCC4)cc3)N(C)C)cc2)COCC(O)C(=O)C(=O)c2ccc(CC(CC)(C(=O)c3ccc(N4CCOCC4)cc3)N(C)C)cc2)cc1)(C(=O)c1ccc(N2CCOCC2)cc1)N(C)C. The highest BCUT2D eigenvalue weighted by Crippen LogP contribution is 2.37. The number of ether oxygens (including phenoxy) is 8. The van der Waals surface area contributed by atoms with E-state index in [1.807, 2.05) is 201 Å². The van der Waals surface area contributed by atoms with Crippen molar-refractivity contribution >= 4 is 92.1 Å². The molecule has 8 aromatic rings. The van der Waals surface area contributed by atoms with Crippen LogP contribution >= 0.6 is 0 Å². The van der Waals surface area contributed by atoms with Crippen molar-refractivity contribution in [3.05, 3.63) is 261 Å². The molecule has 8 atom stereocenters. The number of hydrogen-bond donors (Lipinski definition) is 4. The normalized spacial score (nSPS) is 17.2. The number of aliphatic hydroxyl groups is 4. The molecule has 0 aliphatic carbocycles. The topological polar surface area (TPSA) is 386 Å². The van der Waals surface area contributed by atoms with Gasteiger partial charge in [-0.25, -0.2) is 0 Å². The molecule has 0 spiro atoms.